The highest BCUT2D eigenvalue weighted by molar-refractivity contribution is 5.69. The SMILES string of the molecule is COCC(C)Nc1ccc([N+](=O)[O-])cc1N. The molecular weight excluding hydrogens is 210 g/mol. The molecule has 3 N–H and O–H groups in total. The molecule has 0 spiro atoms. The molecule has 0 aromatic heterocycles. The average molecular weight is 225 g/mol. The van der Waals surface area contributed by atoms with E-state index in [1.54, 1.807) is 13.2 Å². The van der Waals surface area contributed by atoms with Crippen LogP contribution in [0.3, 0.4) is 0 Å². The number of nitrogens with two attached hydrogens (primary N) is 1. The number of hydrogen-bond acceptors (Lipinski definition) is 5. The number of benzene rings is 1. The fourth-order valence-electron chi connectivity index (χ4n) is 1.35. The van der Waals surface area contributed by atoms with Crippen LogP contribution < -0.4 is 11.1 Å². The Morgan fingerprint density at radius 3 is 2.81 bits per heavy atom. The molecule has 1 rings (SSSR count). The van der Waals surface area contributed by atoms with Gasteiger partial charge in [0.15, 0.2) is 0 Å². The minimum Gasteiger partial charge on any atom is -0.397 e. The van der Waals surface area contributed by atoms with Gasteiger partial charge in [-0.3, -0.25) is 10.1 Å². The van der Waals surface area contributed by atoms with Crippen LogP contribution in [0.5, 0.6) is 0 Å². The molecule has 0 radical (unpaired) electrons. The van der Waals surface area contributed by atoms with Crippen molar-refractivity contribution in [1.82, 2.24) is 0 Å². The number of nitrogen functional groups attached to an aromatic ring is 1. The maximum Gasteiger partial charge on any atom is 0.271 e. The third kappa shape index (κ3) is 3.09. The molecule has 0 amide bonds. The monoisotopic (exact) mass is 225 g/mol. The first-order chi connectivity index (χ1) is 7.54. The Hall–Kier alpha value is -1.82. The lowest BCUT2D eigenvalue weighted by Gasteiger charge is -2.15. The quantitative estimate of drug-likeness (QED) is 0.451. The van der Waals surface area contributed by atoms with Crippen LogP contribution in [0.4, 0.5) is 17.1 Å². The number of nitrogens with zero attached hydrogens (tertiary/aromatic N) is 1. The number of nitro benzene ring substituents is 1. The molecule has 0 bridgehead atoms. The van der Waals surface area contributed by atoms with Gasteiger partial charge in [0.25, 0.3) is 5.69 Å². The van der Waals surface area contributed by atoms with Gasteiger partial charge >= 0.3 is 0 Å². The summed E-state index contributed by atoms with van der Waals surface area (Å²) in [7, 11) is 1.61. The first-order valence-corrected chi connectivity index (χ1v) is 4.84. The number of methoxy groups -OCH3 is 1. The van der Waals surface area contributed by atoms with Crippen LogP contribution in [0.15, 0.2) is 18.2 Å². The molecule has 1 aromatic rings. The van der Waals surface area contributed by atoms with E-state index < -0.39 is 4.92 Å². The molecule has 1 unspecified atom stereocenters. The van der Waals surface area contributed by atoms with Gasteiger partial charge in [0.05, 0.1) is 22.9 Å². The van der Waals surface area contributed by atoms with E-state index >= 15 is 0 Å². The zero-order chi connectivity index (χ0) is 12.1. The first kappa shape index (κ1) is 12.3. The van der Waals surface area contributed by atoms with Crippen LogP contribution in [-0.2, 0) is 4.74 Å². The Morgan fingerprint density at radius 2 is 2.31 bits per heavy atom. The van der Waals surface area contributed by atoms with Crippen LogP contribution in [0.2, 0.25) is 0 Å². The molecule has 0 aliphatic rings. The number of rotatable bonds is 5. The van der Waals surface area contributed by atoms with E-state index in [1.165, 1.54) is 12.1 Å². The highest BCUT2D eigenvalue weighted by atomic mass is 16.6. The lowest BCUT2D eigenvalue weighted by molar-refractivity contribution is -0.384. The molecule has 0 saturated heterocycles. The van der Waals surface area contributed by atoms with Crippen molar-refractivity contribution in [2.75, 3.05) is 24.8 Å². The molecule has 6 nitrogen and oxygen atoms in total. The topological polar surface area (TPSA) is 90.4 Å². The molecule has 1 aromatic carbocycles. The summed E-state index contributed by atoms with van der Waals surface area (Å²) in [6.45, 7) is 2.47. The number of non-ortho nitro benzene ring substituents is 1. The number of nitrogens with one attached hydrogen (secondary N) is 1. The van der Waals surface area contributed by atoms with Gasteiger partial charge in [-0.15, -0.1) is 0 Å². The summed E-state index contributed by atoms with van der Waals surface area (Å²) in [6.07, 6.45) is 0. The van der Waals surface area contributed by atoms with Crippen molar-refractivity contribution in [3.8, 4) is 0 Å². The molecule has 0 heterocycles. The molecule has 16 heavy (non-hydrogen) atoms. The van der Waals surface area contributed by atoms with Crippen LogP contribution in [0.25, 0.3) is 0 Å². The second-order valence-corrected chi connectivity index (χ2v) is 3.53. The maximum absolute atomic E-state index is 10.5. The van der Waals surface area contributed by atoms with Crippen molar-refractivity contribution in [3.63, 3.8) is 0 Å². The number of hydrogen-bond donors (Lipinski definition) is 2. The van der Waals surface area contributed by atoms with Gasteiger partial charge in [-0.25, -0.2) is 0 Å². The van der Waals surface area contributed by atoms with Crippen LogP contribution in [0, 0.1) is 10.1 Å². The van der Waals surface area contributed by atoms with Gasteiger partial charge in [0.2, 0.25) is 0 Å². The van der Waals surface area contributed by atoms with Crippen LogP contribution in [-0.4, -0.2) is 24.7 Å². The van der Waals surface area contributed by atoms with Crippen molar-refractivity contribution < 1.29 is 9.66 Å². The summed E-state index contributed by atoms with van der Waals surface area (Å²) < 4.78 is 4.97. The zero-order valence-corrected chi connectivity index (χ0v) is 9.27. The normalized spacial score (nSPS) is 12.1. The summed E-state index contributed by atoms with van der Waals surface area (Å²) in [5, 5.41) is 13.6. The van der Waals surface area contributed by atoms with Gasteiger partial charge in [-0.2, -0.15) is 0 Å². The standard InChI is InChI=1S/C10H15N3O3/c1-7(6-16-2)12-10-4-3-8(13(14)15)5-9(10)11/h3-5,7,12H,6,11H2,1-2H3. The molecule has 88 valence electrons. The predicted octanol–water partition coefficient (Wildman–Crippen LogP) is 1.62. The lowest BCUT2D eigenvalue weighted by Crippen LogP contribution is -2.21. The lowest BCUT2D eigenvalue weighted by atomic mass is 10.2. The first-order valence-electron chi connectivity index (χ1n) is 4.84. The Labute approximate surface area is 93.5 Å². The molecule has 0 aliphatic heterocycles. The van der Waals surface area contributed by atoms with Gasteiger partial charge in [0.1, 0.15) is 0 Å². The highest BCUT2D eigenvalue weighted by Gasteiger charge is 2.10. The highest BCUT2D eigenvalue weighted by Crippen LogP contribution is 2.24. The van der Waals surface area contributed by atoms with Gasteiger partial charge in [0, 0.05) is 25.3 Å². The molecule has 0 saturated carbocycles. The number of anilines is 2. The molecule has 6 heteroatoms. The van der Waals surface area contributed by atoms with E-state index in [1.807, 2.05) is 6.92 Å². The van der Waals surface area contributed by atoms with Crippen molar-refractivity contribution in [1.29, 1.82) is 0 Å². The Kier molecular flexibility index (Phi) is 4.07. The number of ether oxygens (including phenoxy) is 1. The fourth-order valence-corrected chi connectivity index (χ4v) is 1.35. The summed E-state index contributed by atoms with van der Waals surface area (Å²) in [5.74, 6) is 0. The van der Waals surface area contributed by atoms with Crippen molar-refractivity contribution in [3.05, 3.63) is 28.3 Å². The predicted molar refractivity (Wildman–Crippen MR) is 62.5 cm³/mol. The largest absolute Gasteiger partial charge is 0.397 e. The Balaban J connectivity index is 2.79. The fraction of sp³-hybridized carbons (Fsp3) is 0.400. The van der Waals surface area contributed by atoms with Gasteiger partial charge in [-0.05, 0) is 13.0 Å². The molecule has 1 atom stereocenters. The third-order valence-corrected chi connectivity index (χ3v) is 2.06. The summed E-state index contributed by atoms with van der Waals surface area (Å²) in [4.78, 5) is 10.0. The van der Waals surface area contributed by atoms with Gasteiger partial charge < -0.3 is 15.8 Å². The van der Waals surface area contributed by atoms with E-state index in [4.69, 9.17) is 10.5 Å². The Bertz CT molecular complexity index is 382. The summed E-state index contributed by atoms with van der Waals surface area (Å²) in [6, 6.07) is 4.44. The van der Waals surface area contributed by atoms with Crippen molar-refractivity contribution >= 4 is 17.1 Å². The summed E-state index contributed by atoms with van der Waals surface area (Å²) >= 11 is 0. The van der Waals surface area contributed by atoms with Crippen LogP contribution in [0.1, 0.15) is 6.92 Å². The number of nitro groups is 1. The van der Waals surface area contributed by atoms with Crippen LogP contribution >= 0.6 is 0 Å². The molecule has 0 aliphatic carbocycles. The zero-order valence-electron chi connectivity index (χ0n) is 9.27. The second kappa shape index (κ2) is 5.32. The smallest absolute Gasteiger partial charge is 0.271 e. The summed E-state index contributed by atoms with van der Waals surface area (Å²) in [5.41, 5.74) is 6.72. The van der Waals surface area contributed by atoms with Crippen molar-refractivity contribution in [2.45, 2.75) is 13.0 Å². The maximum atomic E-state index is 10.5. The minimum atomic E-state index is -0.473. The Morgan fingerprint density at radius 1 is 1.62 bits per heavy atom. The minimum absolute atomic E-state index is 0.0116. The second-order valence-electron chi connectivity index (χ2n) is 3.53. The van der Waals surface area contributed by atoms with Gasteiger partial charge in [-0.1, -0.05) is 0 Å². The molecular formula is C10H15N3O3. The molecule has 0 fully saturated rings. The van der Waals surface area contributed by atoms with E-state index in [0.29, 0.717) is 18.0 Å². The third-order valence-electron chi connectivity index (χ3n) is 2.06. The van der Waals surface area contributed by atoms with Crippen molar-refractivity contribution in [2.24, 2.45) is 0 Å². The van der Waals surface area contributed by atoms with E-state index in [2.05, 4.69) is 5.32 Å². The van der Waals surface area contributed by atoms with E-state index in [-0.39, 0.29) is 11.7 Å². The average Bonchev–Trinajstić information content (AvgIpc) is 2.21. The van der Waals surface area contributed by atoms with E-state index in [9.17, 15) is 10.1 Å². The van der Waals surface area contributed by atoms with E-state index in [0.717, 1.165) is 0 Å².